The Bertz CT molecular complexity index is 866. The Morgan fingerprint density at radius 3 is 2.38 bits per heavy atom. The van der Waals surface area contributed by atoms with Gasteiger partial charge in [-0.15, -0.1) is 0 Å². The Morgan fingerprint density at radius 1 is 1.09 bits per heavy atom. The fourth-order valence-corrected chi connectivity index (χ4v) is 4.13. The molecule has 5 N–H and O–H groups in total. The zero-order valence-corrected chi connectivity index (χ0v) is 20.0. The minimum absolute atomic E-state index is 0.176. The number of aryl methyl sites for hydroxylation is 3. The van der Waals surface area contributed by atoms with E-state index in [4.69, 9.17) is 5.73 Å². The monoisotopic (exact) mass is 457 g/mol. The number of phenols is 1. The van der Waals surface area contributed by atoms with E-state index in [0.29, 0.717) is 19.4 Å². The topological polar surface area (TPSA) is 104 Å². The lowest BCUT2D eigenvalue weighted by Gasteiger charge is -2.21. The van der Waals surface area contributed by atoms with Crippen LogP contribution in [0.4, 0.5) is 0 Å². The minimum Gasteiger partial charge on any atom is -0.508 e. The van der Waals surface area contributed by atoms with Gasteiger partial charge in [-0.3, -0.25) is 9.59 Å². The average Bonchev–Trinajstić information content (AvgIpc) is 2.76. The largest absolute Gasteiger partial charge is 0.508 e. The van der Waals surface area contributed by atoms with Crippen molar-refractivity contribution >= 4 is 23.6 Å². The van der Waals surface area contributed by atoms with Crippen molar-refractivity contribution in [3.05, 3.63) is 64.7 Å². The van der Waals surface area contributed by atoms with Crippen LogP contribution in [-0.2, 0) is 22.4 Å². The van der Waals surface area contributed by atoms with Gasteiger partial charge in [-0.25, -0.2) is 0 Å². The predicted octanol–water partition coefficient (Wildman–Crippen LogP) is 2.87. The van der Waals surface area contributed by atoms with E-state index in [1.165, 1.54) is 5.56 Å². The normalized spacial score (nSPS) is 12.8. The molecule has 2 aromatic rings. The van der Waals surface area contributed by atoms with Gasteiger partial charge in [0.2, 0.25) is 11.8 Å². The Hall–Kier alpha value is -2.51. The van der Waals surface area contributed by atoms with Crippen LogP contribution >= 0.6 is 11.8 Å². The van der Waals surface area contributed by atoms with Gasteiger partial charge in [-0.05, 0) is 85.9 Å². The lowest BCUT2D eigenvalue weighted by atomic mass is 9.96. The summed E-state index contributed by atoms with van der Waals surface area (Å²) in [6.45, 7) is 4.32. The molecule has 32 heavy (non-hydrogen) atoms. The van der Waals surface area contributed by atoms with Crippen molar-refractivity contribution in [2.45, 2.75) is 51.6 Å². The van der Waals surface area contributed by atoms with Crippen molar-refractivity contribution in [3.63, 3.8) is 0 Å². The maximum Gasteiger partial charge on any atom is 0.242 e. The van der Waals surface area contributed by atoms with E-state index in [-0.39, 0.29) is 17.6 Å². The fraction of sp³-hybridized carbons (Fsp3) is 0.440. The molecule has 0 aliphatic carbocycles. The Labute approximate surface area is 195 Å². The number of nitrogens with one attached hydrogen (secondary N) is 2. The Balaban J connectivity index is 1.90. The van der Waals surface area contributed by atoms with Crippen LogP contribution in [0.5, 0.6) is 5.75 Å². The molecular weight excluding hydrogens is 422 g/mol. The summed E-state index contributed by atoms with van der Waals surface area (Å²) >= 11 is 1.63. The molecule has 0 fully saturated rings. The molecule has 0 saturated heterocycles. The summed E-state index contributed by atoms with van der Waals surface area (Å²) in [5, 5.41) is 15.5. The summed E-state index contributed by atoms with van der Waals surface area (Å²) < 4.78 is 0. The molecule has 174 valence electrons. The molecule has 0 aliphatic heterocycles. The van der Waals surface area contributed by atoms with Gasteiger partial charge in [-0.2, -0.15) is 11.8 Å². The number of nitrogens with two attached hydrogens (primary N) is 1. The van der Waals surface area contributed by atoms with Gasteiger partial charge in [0.15, 0.2) is 0 Å². The zero-order valence-electron chi connectivity index (χ0n) is 19.2. The van der Waals surface area contributed by atoms with E-state index in [1.54, 1.807) is 23.9 Å². The predicted molar refractivity (Wildman–Crippen MR) is 132 cm³/mol. The second-order valence-corrected chi connectivity index (χ2v) is 9.08. The van der Waals surface area contributed by atoms with Gasteiger partial charge in [-0.1, -0.05) is 30.3 Å². The van der Waals surface area contributed by atoms with Gasteiger partial charge < -0.3 is 21.5 Å². The van der Waals surface area contributed by atoms with Crippen LogP contribution in [0.15, 0.2) is 42.5 Å². The number of thioether (sulfide) groups is 1. The zero-order chi connectivity index (χ0) is 23.5. The lowest BCUT2D eigenvalue weighted by Crippen LogP contribution is -2.52. The first-order valence-electron chi connectivity index (χ1n) is 11.0. The number of hydrogen-bond acceptors (Lipinski definition) is 5. The quantitative estimate of drug-likeness (QED) is 0.367. The van der Waals surface area contributed by atoms with Crippen LogP contribution in [0.25, 0.3) is 0 Å². The van der Waals surface area contributed by atoms with Gasteiger partial charge in [0, 0.05) is 6.54 Å². The summed E-state index contributed by atoms with van der Waals surface area (Å²) in [5.74, 6) is 0.434. The number of amides is 2. The summed E-state index contributed by atoms with van der Waals surface area (Å²) in [4.78, 5) is 25.5. The molecule has 0 aromatic heterocycles. The molecule has 0 spiro atoms. The van der Waals surface area contributed by atoms with Crippen LogP contribution in [0.3, 0.4) is 0 Å². The third kappa shape index (κ3) is 8.20. The first-order valence-corrected chi connectivity index (χ1v) is 12.4. The molecule has 2 amide bonds. The molecule has 0 unspecified atom stereocenters. The van der Waals surface area contributed by atoms with E-state index in [1.807, 2.05) is 38.3 Å². The SMILES string of the molecule is CSCC[C@@H](NC(=O)[C@@H](N)Cc1c(C)cc(O)cc1C)C(=O)NCCCc1ccccc1. The third-order valence-corrected chi connectivity index (χ3v) is 6.11. The Kier molecular flexibility index (Phi) is 10.6. The van der Waals surface area contributed by atoms with E-state index >= 15 is 0 Å². The number of carbonyl (C=O) groups is 2. The minimum atomic E-state index is -0.778. The number of rotatable bonds is 12. The van der Waals surface area contributed by atoms with E-state index in [0.717, 1.165) is 35.3 Å². The van der Waals surface area contributed by atoms with Crippen molar-refractivity contribution in [1.29, 1.82) is 0 Å². The molecule has 0 radical (unpaired) electrons. The highest BCUT2D eigenvalue weighted by Gasteiger charge is 2.24. The maximum atomic E-state index is 12.8. The highest BCUT2D eigenvalue weighted by Crippen LogP contribution is 2.21. The molecule has 6 nitrogen and oxygen atoms in total. The molecule has 0 bridgehead atoms. The smallest absolute Gasteiger partial charge is 0.242 e. The first-order chi connectivity index (χ1) is 15.3. The lowest BCUT2D eigenvalue weighted by molar-refractivity contribution is -0.129. The molecule has 2 atom stereocenters. The van der Waals surface area contributed by atoms with Gasteiger partial charge in [0.25, 0.3) is 0 Å². The van der Waals surface area contributed by atoms with Gasteiger partial charge in [0.1, 0.15) is 11.8 Å². The molecule has 2 rings (SSSR count). The Morgan fingerprint density at radius 2 is 1.75 bits per heavy atom. The van der Waals surface area contributed by atoms with Crippen LogP contribution in [0.2, 0.25) is 0 Å². The second-order valence-electron chi connectivity index (χ2n) is 8.09. The molecule has 0 heterocycles. The number of hydrogen-bond donors (Lipinski definition) is 4. The van der Waals surface area contributed by atoms with E-state index < -0.39 is 12.1 Å². The molecule has 7 heteroatoms. The van der Waals surface area contributed by atoms with Crippen LogP contribution in [0.1, 0.15) is 35.1 Å². The number of phenolic OH excluding ortho intramolecular Hbond substituents is 1. The summed E-state index contributed by atoms with van der Waals surface area (Å²) in [6, 6.07) is 12.1. The standard InChI is InChI=1S/C25H35N3O3S/c1-17-14-20(29)15-18(2)21(17)16-22(26)24(30)28-23(11-13-32-3)25(31)27-12-7-10-19-8-5-4-6-9-19/h4-6,8-9,14-15,22-23,29H,7,10-13,16,26H2,1-3H3,(H,27,31)(H,28,30)/t22-,23+/m0/s1. The number of benzene rings is 2. The second kappa shape index (κ2) is 13.1. The van der Waals surface area contributed by atoms with Crippen LogP contribution in [-0.4, -0.2) is 47.6 Å². The molecular formula is C25H35N3O3S. The van der Waals surface area contributed by atoms with Crippen molar-refractivity contribution in [1.82, 2.24) is 10.6 Å². The molecule has 0 aliphatic rings. The maximum absolute atomic E-state index is 12.8. The number of aromatic hydroxyl groups is 1. The van der Waals surface area contributed by atoms with Crippen molar-refractivity contribution < 1.29 is 14.7 Å². The van der Waals surface area contributed by atoms with Crippen LogP contribution in [0, 0.1) is 13.8 Å². The van der Waals surface area contributed by atoms with Crippen molar-refractivity contribution in [2.75, 3.05) is 18.6 Å². The first kappa shape index (κ1) is 25.7. The van der Waals surface area contributed by atoms with Crippen molar-refractivity contribution in [2.24, 2.45) is 5.73 Å². The summed E-state index contributed by atoms with van der Waals surface area (Å²) in [6.07, 6.45) is 4.58. The van der Waals surface area contributed by atoms with E-state index in [9.17, 15) is 14.7 Å². The molecule has 2 aromatic carbocycles. The van der Waals surface area contributed by atoms with Crippen LogP contribution < -0.4 is 16.4 Å². The fourth-order valence-electron chi connectivity index (χ4n) is 3.66. The average molecular weight is 458 g/mol. The van der Waals surface area contributed by atoms with E-state index in [2.05, 4.69) is 22.8 Å². The highest BCUT2D eigenvalue weighted by atomic mass is 32.2. The van der Waals surface area contributed by atoms with Crippen molar-refractivity contribution in [3.8, 4) is 5.75 Å². The number of carbonyl (C=O) groups excluding carboxylic acids is 2. The molecule has 0 saturated carbocycles. The van der Waals surface area contributed by atoms with Gasteiger partial charge in [0.05, 0.1) is 6.04 Å². The summed E-state index contributed by atoms with van der Waals surface area (Å²) in [7, 11) is 0. The summed E-state index contributed by atoms with van der Waals surface area (Å²) in [5.41, 5.74) is 10.1. The van der Waals surface area contributed by atoms with Gasteiger partial charge >= 0.3 is 0 Å². The highest BCUT2D eigenvalue weighted by molar-refractivity contribution is 7.98. The third-order valence-electron chi connectivity index (χ3n) is 5.47.